The Hall–Kier alpha value is -0.450. The molecule has 1 rings (SSSR count). The fourth-order valence-electron chi connectivity index (χ4n) is 2.20. The molecule has 0 aliphatic carbocycles. The Balaban J connectivity index is 2.83. The number of hydrogen-bond donors (Lipinski definition) is 1. The van der Waals surface area contributed by atoms with Crippen molar-refractivity contribution in [3.05, 3.63) is 15.6 Å². The van der Waals surface area contributed by atoms with Crippen molar-refractivity contribution in [3.63, 3.8) is 0 Å². The largest absolute Gasteiger partial charge is 0.374 e. The van der Waals surface area contributed by atoms with Gasteiger partial charge in [-0.2, -0.15) is 0 Å². The van der Waals surface area contributed by atoms with E-state index in [1.807, 2.05) is 7.05 Å². The molecule has 0 saturated heterocycles. The predicted molar refractivity (Wildman–Crippen MR) is 78.5 cm³/mol. The summed E-state index contributed by atoms with van der Waals surface area (Å²) in [6, 6.07) is 0.299. The summed E-state index contributed by atoms with van der Waals surface area (Å²) in [4.78, 5) is 5.94. The normalized spacial score (nSPS) is 16.6. The highest BCUT2D eigenvalue weighted by atomic mass is 32.1. The maximum absolute atomic E-state index is 5.96. The number of nitrogens with one attached hydrogen (secondary N) is 1. The lowest BCUT2D eigenvalue weighted by molar-refractivity contribution is -0.0534. The minimum absolute atomic E-state index is 0.128. The average molecular weight is 270 g/mol. The lowest BCUT2D eigenvalue weighted by Gasteiger charge is -2.36. The van der Waals surface area contributed by atoms with Gasteiger partial charge in [-0.15, -0.1) is 11.3 Å². The van der Waals surface area contributed by atoms with Gasteiger partial charge in [0.2, 0.25) is 0 Å². The molecule has 1 aromatic rings. The van der Waals surface area contributed by atoms with Crippen molar-refractivity contribution in [1.82, 2.24) is 10.3 Å². The average Bonchev–Trinajstić information content (AvgIpc) is 2.65. The molecule has 1 heterocycles. The van der Waals surface area contributed by atoms with E-state index >= 15 is 0 Å². The molecule has 1 aromatic heterocycles. The first-order valence-corrected chi connectivity index (χ1v) is 7.52. The molecule has 2 atom stereocenters. The summed E-state index contributed by atoms with van der Waals surface area (Å²) in [7, 11) is 2.00. The minimum atomic E-state index is -0.128. The number of aromatic nitrogens is 1. The first-order chi connectivity index (χ1) is 8.46. The van der Waals surface area contributed by atoms with Gasteiger partial charge in [-0.25, -0.2) is 4.98 Å². The van der Waals surface area contributed by atoms with E-state index in [4.69, 9.17) is 4.74 Å². The third-order valence-corrected chi connectivity index (χ3v) is 4.81. The Kier molecular flexibility index (Phi) is 5.76. The molecule has 0 bridgehead atoms. The molecule has 18 heavy (non-hydrogen) atoms. The van der Waals surface area contributed by atoms with Crippen molar-refractivity contribution in [2.24, 2.45) is 0 Å². The molecule has 1 N–H and O–H groups in total. The van der Waals surface area contributed by atoms with Gasteiger partial charge in [0.1, 0.15) is 0 Å². The van der Waals surface area contributed by atoms with Crippen molar-refractivity contribution < 1.29 is 4.74 Å². The summed E-state index contributed by atoms with van der Waals surface area (Å²) in [5, 5.41) is 4.60. The molecule has 0 amide bonds. The Morgan fingerprint density at radius 3 is 2.44 bits per heavy atom. The molecular formula is C14H26N2OS. The zero-order valence-electron chi connectivity index (χ0n) is 12.5. The molecule has 0 aliphatic heterocycles. The number of nitrogens with zero attached hydrogens (tertiary/aromatic N) is 1. The smallest absolute Gasteiger partial charge is 0.0947 e. The van der Waals surface area contributed by atoms with Gasteiger partial charge in [0.25, 0.3) is 0 Å². The molecule has 0 aliphatic rings. The second kappa shape index (κ2) is 6.64. The van der Waals surface area contributed by atoms with E-state index in [9.17, 15) is 0 Å². The summed E-state index contributed by atoms with van der Waals surface area (Å²) in [6.45, 7) is 11.4. The summed E-state index contributed by atoms with van der Waals surface area (Å²) in [6.07, 6.45) is 1.93. The molecular weight excluding hydrogens is 244 g/mol. The highest BCUT2D eigenvalue weighted by Gasteiger charge is 2.33. The van der Waals surface area contributed by atoms with Crippen LogP contribution < -0.4 is 5.32 Å². The van der Waals surface area contributed by atoms with E-state index in [0.29, 0.717) is 6.04 Å². The van der Waals surface area contributed by atoms with E-state index in [1.165, 1.54) is 9.88 Å². The number of thiazole rings is 1. The Labute approximate surface area is 115 Å². The lowest BCUT2D eigenvalue weighted by Crippen LogP contribution is -2.50. The third-order valence-electron chi connectivity index (χ3n) is 3.71. The Morgan fingerprint density at radius 2 is 2.06 bits per heavy atom. The van der Waals surface area contributed by atoms with Crippen LogP contribution in [-0.2, 0) is 11.2 Å². The maximum Gasteiger partial charge on any atom is 0.0947 e. The number of hydrogen-bond acceptors (Lipinski definition) is 4. The number of aryl methyl sites for hydroxylation is 2. The molecule has 0 fully saturated rings. The molecule has 4 heteroatoms. The van der Waals surface area contributed by atoms with Gasteiger partial charge < -0.3 is 10.1 Å². The van der Waals surface area contributed by atoms with Gasteiger partial charge >= 0.3 is 0 Å². The minimum Gasteiger partial charge on any atom is -0.374 e. The van der Waals surface area contributed by atoms with Crippen LogP contribution in [0.5, 0.6) is 0 Å². The summed E-state index contributed by atoms with van der Waals surface area (Å²) in [5.41, 5.74) is 1.02. The van der Waals surface area contributed by atoms with Crippen LogP contribution >= 0.6 is 11.3 Å². The molecule has 2 unspecified atom stereocenters. The van der Waals surface area contributed by atoms with Gasteiger partial charge in [-0.05, 0) is 41.2 Å². The second-order valence-electron chi connectivity index (χ2n) is 4.89. The van der Waals surface area contributed by atoms with E-state index < -0.39 is 0 Å². The van der Waals surface area contributed by atoms with Crippen molar-refractivity contribution in [3.8, 4) is 0 Å². The van der Waals surface area contributed by atoms with E-state index in [1.54, 1.807) is 11.3 Å². The molecule has 0 spiro atoms. The first-order valence-electron chi connectivity index (χ1n) is 6.71. The zero-order chi connectivity index (χ0) is 13.8. The van der Waals surface area contributed by atoms with Crippen LogP contribution in [-0.4, -0.2) is 30.3 Å². The molecule has 0 aromatic carbocycles. The molecule has 3 nitrogen and oxygen atoms in total. The van der Waals surface area contributed by atoms with Gasteiger partial charge in [-0.3, -0.25) is 0 Å². The summed E-state index contributed by atoms with van der Waals surface area (Å²) in [5.74, 6) is 0. The highest BCUT2D eigenvalue weighted by Crippen LogP contribution is 2.25. The van der Waals surface area contributed by atoms with Crippen LogP contribution in [0.4, 0.5) is 0 Å². The first kappa shape index (κ1) is 15.6. The van der Waals surface area contributed by atoms with Crippen molar-refractivity contribution in [2.75, 3.05) is 13.7 Å². The predicted octanol–water partition coefficient (Wildman–Crippen LogP) is 3.10. The van der Waals surface area contributed by atoms with Crippen LogP contribution in [0.15, 0.2) is 0 Å². The third kappa shape index (κ3) is 3.53. The van der Waals surface area contributed by atoms with Gasteiger partial charge in [0.15, 0.2) is 0 Å². The maximum atomic E-state index is 5.96. The van der Waals surface area contributed by atoms with Crippen molar-refractivity contribution in [1.29, 1.82) is 0 Å². The quantitative estimate of drug-likeness (QED) is 0.826. The van der Waals surface area contributed by atoms with E-state index in [0.717, 1.165) is 25.1 Å². The van der Waals surface area contributed by atoms with E-state index in [2.05, 4.69) is 44.9 Å². The summed E-state index contributed by atoms with van der Waals surface area (Å²) < 4.78 is 5.96. The standard InChI is InChI=1S/C14H26N2OS/c1-7-14(5,17-8-2)12(15-6)9-13-16-10(3)11(4)18-13/h12,15H,7-9H2,1-6H3. The monoisotopic (exact) mass is 270 g/mol. The fourth-order valence-corrected chi connectivity index (χ4v) is 3.18. The number of likely N-dealkylation sites (N-methyl/N-ethyl adjacent to an activating group) is 1. The lowest BCUT2D eigenvalue weighted by atomic mass is 9.91. The highest BCUT2D eigenvalue weighted by molar-refractivity contribution is 7.11. The van der Waals surface area contributed by atoms with Crippen LogP contribution in [0.25, 0.3) is 0 Å². The summed E-state index contributed by atoms with van der Waals surface area (Å²) >= 11 is 1.80. The second-order valence-corrected chi connectivity index (χ2v) is 6.18. The fraction of sp³-hybridized carbons (Fsp3) is 0.786. The van der Waals surface area contributed by atoms with Crippen LogP contribution in [0.2, 0.25) is 0 Å². The zero-order valence-corrected chi connectivity index (χ0v) is 13.3. The van der Waals surface area contributed by atoms with Crippen LogP contribution in [0.3, 0.4) is 0 Å². The van der Waals surface area contributed by atoms with Gasteiger partial charge in [-0.1, -0.05) is 6.92 Å². The molecule has 104 valence electrons. The SMILES string of the molecule is CCOC(C)(CC)C(Cc1nc(C)c(C)s1)NC. The van der Waals surface area contributed by atoms with Gasteiger partial charge in [0.05, 0.1) is 16.3 Å². The van der Waals surface area contributed by atoms with E-state index in [-0.39, 0.29) is 5.60 Å². The topological polar surface area (TPSA) is 34.1 Å². The van der Waals surface area contributed by atoms with Gasteiger partial charge in [0, 0.05) is 23.9 Å². The number of ether oxygens (including phenoxy) is 1. The number of rotatable bonds is 7. The molecule has 0 saturated carbocycles. The molecule has 0 radical (unpaired) electrons. The van der Waals surface area contributed by atoms with Crippen molar-refractivity contribution in [2.45, 2.75) is 59.1 Å². The van der Waals surface area contributed by atoms with Crippen molar-refractivity contribution >= 4 is 11.3 Å². The Bertz CT molecular complexity index is 358. The van der Waals surface area contributed by atoms with Crippen LogP contribution in [0.1, 0.15) is 42.8 Å². The van der Waals surface area contributed by atoms with Crippen LogP contribution in [0, 0.1) is 13.8 Å². The Morgan fingerprint density at radius 1 is 1.39 bits per heavy atom.